The molecule has 2 aromatic rings. The number of methoxy groups -OCH3 is 1. The van der Waals surface area contributed by atoms with E-state index in [9.17, 15) is 9.59 Å². The summed E-state index contributed by atoms with van der Waals surface area (Å²) in [6.07, 6.45) is 1.06. The number of nitrogens with zero attached hydrogens (tertiary/aromatic N) is 4. The highest BCUT2D eigenvalue weighted by molar-refractivity contribution is 5.84. The number of hydrogen-bond donors (Lipinski definition) is 2. The molecule has 1 aromatic heterocycles. The fourth-order valence-corrected chi connectivity index (χ4v) is 3.91. The number of hydrogen-bond acceptors (Lipinski definition) is 7. The van der Waals surface area contributed by atoms with Crippen LogP contribution in [0.15, 0.2) is 30.3 Å². The third-order valence-electron chi connectivity index (χ3n) is 5.69. The fraction of sp³-hybridized carbons (Fsp3) is 0.455. The Balaban J connectivity index is 1.37. The van der Waals surface area contributed by atoms with Crippen molar-refractivity contribution in [3.05, 3.63) is 36.0 Å². The summed E-state index contributed by atoms with van der Waals surface area (Å²) in [6, 6.07) is 9.57. The molecule has 0 bridgehead atoms. The van der Waals surface area contributed by atoms with E-state index < -0.39 is 0 Å². The number of anilines is 3. The molecule has 9 nitrogen and oxygen atoms in total. The van der Waals surface area contributed by atoms with Crippen LogP contribution in [-0.2, 0) is 9.59 Å². The largest absolute Gasteiger partial charge is 0.497 e. The Kier molecular flexibility index (Phi) is 6.20. The van der Waals surface area contributed by atoms with Gasteiger partial charge in [0.05, 0.1) is 13.0 Å². The van der Waals surface area contributed by atoms with Crippen molar-refractivity contribution in [3.63, 3.8) is 0 Å². The number of piperidine rings is 1. The van der Waals surface area contributed by atoms with Gasteiger partial charge in [0.2, 0.25) is 17.8 Å². The van der Waals surface area contributed by atoms with Crippen molar-refractivity contribution in [2.45, 2.75) is 19.8 Å². The molecule has 1 unspecified atom stereocenters. The predicted octanol–water partition coefficient (Wildman–Crippen LogP) is 1.71. The van der Waals surface area contributed by atoms with Crippen LogP contribution >= 0.6 is 0 Å². The molecule has 2 N–H and O–H groups in total. The van der Waals surface area contributed by atoms with E-state index in [4.69, 9.17) is 4.74 Å². The molecule has 2 fully saturated rings. The van der Waals surface area contributed by atoms with Gasteiger partial charge in [-0.15, -0.1) is 0 Å². The van der Waals surface area contributed by atoms with Gasteiger partial charge >= 0.3 is 0 Å². The maximum absolute atomic E-state index is 12.8. The number of benzene rings is 1. The number of carbonyl (C=O) groups excluding carboxylic acids is 2. The van der Waals surface area contributed by atoms with Crippen LogP contribution in [0.1, 0.15) is 18.5 Å². The summed E-state index contributed by atoms with van der Waals surface area (Å²) in [5, 5.41) is 6.11. The summed E-state index contributed by atoms with van der Waals surface area (Å²) in [5.41, 5.74) is 1.79. The van der Waals surface area contributed by atoms with Gasteiger partial charge in [0.1, 0.15) is 11.6 Å². The Hall–Kier alpha value is -3.36. The quantitative estimate of drug-likeness (QED) is 0.754. The molecule has 0 saturated carbocycles. The number of rotatable bonds is 5. The zero-order valence-corrected chi connectivity index (χ0v) is 17.9. The smallest absolute Gasteiger partial charge is 0.227 e. The molecule has 2 amide bonds. The molecule has 1 atom stereocenters. The first-order chi connectivity index (χ1) is 15.0. The normalized spacial score (nSPS) is 19.0. The van der Waals surface area contributed by atoms with E-state index in [1.54, 1.807) is 7.11 Å². The third kappa shape index (κ3) is 5.04. The van der Waals surface area contributed by atoms with Crippen molar-refractivity contribution in [1.29, 1.82) is 0 Å². The van der Waals surface area contributed by atoms with Gasteiger partial charge in [-0.1, -0.05) is 0 Å². The van der Waals surface area contributed by atoms with Crippen molar-refractivity contribution in [1.82, 2.24) is 20.2 Å². The second-order valence-corrected chi connectivity index (χ2v) is 7.90. The molecular formula is C22H28N6O3. The van der Waals surface area contributed by atoms with Gasteiger partial charge in [-0.05, 0) is 37.6 Å². The van der Waals surface area contributed by atoms with E-state index >= 15 is 0 Å². The lowest BCUT2D eigenvalue weighted by Crippen LogP contribution is -2.53. The Morgan fingerprint density at radius 1 is 1.16 bits per heavy atom. The van der Waals surface area contributed by atoms with E-state index in [0.29, 0.717) is 51.5 Å². The highest BCUT2D eigenvalue weighted by Gasteiger charge is 2.30. The number of amides is 2. The summed E-state index contributed by atoms with van der Waals surface area (Å²) >= 11 is 0. The van der Waals surface area contributed by atoms with Crippen LogP contribution in [0.3, 0.4) is 0 Å². The maximum atomic E-state index is 12.8. The molecule has 2 saturated heterocycles. The first kappa shape index (κ1) is 20.9. The van der Waals surface area contributed by atoms with Gasteiger partial charge in [-0.3, -0.25) is 9.59 Å². The molecule has 2 aliphatic rings. The van der Waals surface area contributed by atoms with Crippen molar-refractivity contribution in [2.24, 2.45) is 5.92 Å². The van der Waals surface area contributed by atoms with Gasteiger partial charge in [0.15, 0.2) is 0 Å². The number of ether oxygens (including phenoxy) is 1. The first-order valence-corrected chi connectivity index (χ1v) is 10.6. The number of aromatic nitrogens is 2. The van der Waals surface area contributed by atoms with Crippen LogP contribution < -0.4 is 20.3 Å². The van der Waals surface area contributed by atoms with E-state index in [0.717, 1.165) is 22.9 Å². The van der Waals surface area contributed by atoms with E-state index in [1.165, 1.54) is 0 Å². The molecule has 4 rings (SSSR count). The molecule has 1 aromatic carbocycles. The molecule has 0 radical (unpaired) electrons. The van der Waals surface area contributed by atoms with Crippen LogP contribution in [0.5, 0.6) is 5.75 Å². The summed E-state index contributed by atoms with van der Waals surface area (Å²) in [7, 11) is 1.64. The number of aryl methyl sites for hydroxylation is 1. The minimum absolute atomic E-state index is 0.0320. The zero-order valence-electron chi connectivity index (χ0n) is 17.9. The van der Waals surface area contributed by atoms with Crippen LogP contribution in [0.4, 0.5) is 17.5 Å². The van der Waals surface area contributed by atoms with Crippen LogP contribution in [0, 0.1) is 12.8 Å². The average Bonchev–Trinajstić information content (AvgIpc) is 2.79. The molecule has 0 spiro atoms. The van der Waals surface area contributed by atoms with Crippen LogP contribution in [0.2, 0.25) is 0 Å². The molecular weight excluding hydrogens is 396 g/mol. The van der Waals surface area contributed by atoms with Crippen molar-refractivity contribution in [3.8, 4) is 5.75 Å². The number of piperazine rings is 1. The molecule has 3 heterocycles. The Labute approximate surface area is 181 Å². The summed E-state index contributed by atoms with van der Waals surface area (Å²) in [5.74, 6) is 2.24. The second kappa shape index (κ2) is 9.20. The molecule has 0 aliphatic carbocycles. The minimum atomic E-state index is -0.111. The van der Waals surface area contributed by atoms with E-state index in [-0.39, 0.29) is 17.7 Å². The van der Waals surface area contributed by atoms with E-state index in [1.807, 2.05) is 42.2 Å². The molecule has 31 heavy (non-hydrogen) atoms. The molecule has 164 valence electrons. The first-order valence-electron chi connectivity index (χ1n) is 10.6. The number of nitrogens with one attached hydrogen (secondary N) is 2. The second-order valence-electron chi connectivity index (χ2n) is 7.90. The van der Waals surface area contributed by atoms with Crippen molar-refractivity contribution >= 4 is 29.3 Å². The lowest BCUT2D eigenvalue weighted by Gasteiger charge is -2.37. The van der Waals surface area contributed by atoms with Gasteiger partial charge in [-0.25, -0.2) is 4.98 Å². The Morgan fingerprint density at radius 3 is 2.55 bits per heavy atom. The predicted molar refractivity (Wildman–Crippen MR) is 118 cm³/mol. The van der Waals surface area contributed by atoms with E-state index in [2.05, 4.69) is 25.5 Å². The van der Waals surface area contributed by atoms with Crippen molar-refractivity contribution < 1.29 is 14.3 Å². The van der Waals surface area contributed by atoms with Gasteiger partial charge < -0.3 is 25.2 Å². The maximum Gasteiger partial charge on any atom is 0.227 e. The summed E-state index contributed by atoms with van der Waals surface area (Å²) < 4.78 is 5.20. The highest BCUT2D eigenvalue weighted by atomic mass is 16.5. The zero-order chi connectivity index (χ0) is 21.8. The van der Waals surface area contributed by atoms with Gasteiger partial charge in [0.25, 0.3) is 0 Å². The topological polar surface area (TPSA) is 99.7 Å². The molecule has 9 heteroatoms. The summed E-state index contributed by atoms with van der Waals surface area (Å²) in [6.45, 7) is 5.00. The van der Waals surface area contributed by atoms with Crippen molar-refractivity contribution in [2.75, 3.05) is 50.1 Å². The third-order valence-corrected chi connectivity index (χ3v) is 5.69. The SMILES string of the molecule is COc1ccc(Nc2cc(C)nc(N3CCN(C(=O)C4CCC(=O)NC4)CC3)n2)cc1. The lowest BCUT2D eigenvalue weighted by atomic mass is 9.97. The van der Waals surface area contributed by atoms with Gasteiger partial charge in [0, 0.05) is 56.6 Å². The van der Waals surface area contributed by atoms with Gasteiger partial charge in [-0.2, -0.15) is 4.98 Å². The average molecular weight is 425 g/mol. The van der Waals surface area contributed by atoms with Crippen LogP contribution in [0.25, 0.3) is 0 Å². The summed E-state index contributed by atoms with van der Waals surface area (Å²) in [4.78, 5) is 37.4. The molecule has 2 aliphatic heterocycles. The Morgan fingerprint density at radius 2 is 1.90 bits per heavy atom. The standard InChI is InChI=1S/C22H28N6O3/c1-15-13-19(25-17-4-6-18(31-2)7-5-17)26-22(24-15)28-11-9-27(10-12-28)21(30)16-3-8-20(29)23-14-16/h4-7,13,16H,3,8-12,14H2,1-2H3,(H,23,29)(H,24,25,26). The monoisotopic (exact) mass is 424 g/mol. The highest BCUT2D eigenvalue weighted by Crippen LogP contribution is 2.22. The lowest BCUT2D eigenvalue weighted by molar-refractivity contribution is -0.137. The number of carbonyl (C=O) groups is 2. The Bertz CT molecular complexity index is 931. The van der Waals surface area contributed by atoms with Crippen LogP contribution in [-0.4, -0.2) is 66.5 Å². The fourth-order valence-electron chi connectivity index (χ4n) is 3.91. The minimum Gasteiger partial charge on any atom is -0.497 e.